The van der Waals surface area contributed by atoms with Gasteiger partial charge in [0.05, 0.1) is 5.75 Å². The second kappa shape index (κ2) is 3.92. The van der Waals surface area contributed by atoms with E-state index in [1.54, 1.807) is 24.3 Å². The molecule has 0 aliphatic carbocycles. The van der Waals surface area contributed by atoms with Gasteiger partial charge in [-0.25, -0.2) is 13.2 Å². The highest BCUT2D eigenvalue weighted by molar-refractivity contribution is 8.13. The Hall–Kier alpha value is -1.33. The molecule has 0 N–H and O–H groups in total. The Kier molecular flexibility index (Phi) is 2.73. The number of benzene rings is 1. The molecule has 1 heterocycles. The summed E-state index contributed by atoms with van der Waals surface area (Å²) in [7, 11) is 1.49. The van der Waals surface area contributed by atoms with Crippen molar-refractivity contribution >= 4 is 30.7 Å². The number of halogens is 1. The van der Waals surface area contributed by atoms with Crippen molar-refractivity contribution in [2.24, 2.45) is 0 Å². The predicted molar refractivity (Wildman–Crippen MR) is 61.0 cm³/mol. The predicted octanol–water partition coefficient (Wildman–Crippen LogP) is 1.86. The van der Waals surface area contributed by atoms with E-state index in [0.29, 0.717) is 10.9 Å². The van der Waals surface area contributed by atoms with E-state index in [4.69, 9.17) is 15.1 Å². The molecular formula is C10H7ClO4S. The second-order valence-electron chi connectivity index (χ2n) is 3.27. The maximum Gasteiger partial charge on any atom is 0.336 e. The maximum absolute atomic E-state index is 11.1. The van der Waals surface area contributed by atoms with Crippen LogP contribution in [-0.4, -0.2) is 8.42 Å². The van der Waals surface area contributed by atoms with E-state index >= 15 is 0 Å². The summed E-state index contributed by atoms with van der Waals surface area (Å²) in [4.78, 5) is 11.1. The lowest BCUT2D eigenvalue weighted by Crippen LogP contribution is -2.00. The van der Waals surface area contributed by atoms with Crippen LogP contribution in [0, 0.1) is 0 Å². The summed E-state index contributed by atoms with van der Waals surface area (Å²) in [5, 5.41) is 0.664. The van der Waals surface area contributed by atoms with Gasteiger partial charge in [-0.3, -0.25) is 0 Å². The van der Waals surface area contributed by atoms with E-state index in [9.17, 15) is 13.2 Å². The lowest BCUT2D eigenvalue weighted by atomic mass is 10.1. The molecule has 0 aliphatic heterocycles. The van der Waals surface area contributed by atoms with Crippen LogP contribution in [0.15, 0.2) is 39.5 Å². The average molecular weight is 259 g/mol. The van der Waals surface area contributed by atoms with Gasteiger partial charge in [0.15, 0.2) is 0 Å². The molecule has 0 atom stereocenters. The topological polar surface area (TPSA) is 64.3 Å². The number of para-hydroxylation sites is 1. The normalized spacial score (nSPS) is 11.8. The Morgan fingerprint density at radius 1 is 1.19 bits per heavy atom. The lowest BCUT2D eigenvalue weighted by Gasteiger charge is -2.02. The van der Waals surface area contributed by atoms with Crippen molar-refractivity contribution in [3.63, 3.8) is 0 Å². The van der Waals surface area contributed by atoms with Crippen LogP contribution in [0.3, 0.4) is 0 Å². The highest BCUT2D eigenvalue weighted by Gasteiger charge is 2.11. The van der Waals surface area contributed by atoms with Gasteiger partial charge in [0.1, 0.15) is 5.58 Å². The smallest absolute Gasteiger partial charge is 0.336 e. The zero-order valence-corrected chi connectivity index (χ0v) is 9.59. The fourth-order valence-electron chi connectivity index (χ4n) is 1.45. The quantitative estimate of drug-likeness (QED) is 0.609. The van der Waals surface area contributed by atoms with Gasteiger partial charge >= 0.3 is 5.63 Å². The molecule has 4 nitrogen and oxygen atoms in total. The molecule has 0 saturated carbocycles. The van der Waals surface area contributed by atoms with E-state index in [-0.39, 0.29) is 11.3 Å². The molecule has 0 unspecified atom stereocenters. The van der Waals surface area contributed by atoms with Crippen molar-refractivity contribution in [2.75, 3.05) is 0 Å². The first-order chi connectivity index (χ1) is 7.46. The molecular weight excluding hydrogens is 252 g/mol. The molecule has 2 aromatic rings. The summed E-state index contributed by atoms with van der Waals surface area (Å²) in [6.07, 6.45) is 0. The second-order valence-corrected chi connectivity index (χ2v) is 6.05. The molecule has 84 valence electrons. The summed E-state index contributed by atoms with van der Waals surface area (Å²) < 4.78 is 26.9. The third-order valence-electron chi connectivity index (χ3n) is 2.06. The zero-order valence-electron chi connectivity index (χ0n) is 8.01. The van der Waals surface area contributed by atoms with Crippen molar-refractivity contribution in [1.29, 1.82) is 0 Å². The Morgan fingerprint density at radius 2 is 1.94 bits per heavy atom. The Morgan fingerprint density at radius 3 is 2.62 bits per heavy atom. The molecule has 0 bridgehead atoms. The van der Waals surface area contributed by atoms with Gasteiger partial charge in [-0.2, -0.15) is 0 Å². The maximum atomic E-state index is 11.1. The third kappa shape index (κ3) is 2.43. The van der Waals surface area contributed by atoms with Crippen molar-refractivity contribution in [3.05, 3.63) is 46.3 Å². The molecule has 1 aromatic carbocycles. The molecule has 0 radical (unpaired) electrons. The summed E-state index contributed by atoms with van der Waals surface area (Å²) in [5.41, 5.74) is 0.122. The summed E-state index contributed by atoms with van der Waals surface area (Å²) in [6.45, 7) is 0. The molecule has 0 spiro atoms. The van der Waals surface area contributed by atoms with Crippen LogP contribution >= 0.6 is 10.7 Å². The first-order valence-electron chi connectivity index (χ1n) is 4.40. The van der Waals surface area contributed by atoms with Crippen molar-refractivity contribution in [2.45, 2.75) is 5.75 Å². The molecule has 6 heteroatoms. The zero-order chi connectivity index (χ0) is 11.8. The standard InChI is InChI=1S/C10H7ClO4S/c11-16(13,14)6-8-3-1-2-7-4-5-9(12)15-10(7)8/h1-5H,6H2. The fourth-order valence-corrected chi connectivity index (χ4v) is 2.40. The van der Waals surface area contributed by atoms with E-state index in [1.165, 1.54) is 6.07 Å². The van der Waals surface area contributed by atoms with E-state index in [2.05, 4.69) is 0 Å². The monoisotopic (exact) mass is 258 g/mol. The Balaban J connectivity index is 2.70. The minimum atomic E-state index is -3.67. The van der Waals surface area contributed by atoms with Crippen LogP contribution in [-0.2, 0) is 14.8 Å². The Bertz CT molecular complexity index is 687. The van der Waals surface area contributed by atoms with Gasteiger partial charge in [-0.1, -0.05) is 18.2 Å². The largest absolute Gasteiger partial charge is 0.422 e. The van der Waals surface area contributed by atoms with Crippen LogP contribution in [0.5, 0.6) is 0 Å². The van der Waals surface area contributed by atoms with Gasteiger partial charge in [0, 0.05) is 27.7 Å². The number of fused-ring (bicyclic) bond motifs is 1. The van der Waals surface area contributed by atoms with Gasteiger partial charge in [-0.15, -0.1) is 0 Å². The average Bonchev–Trinajstić information content (AvgIpc) is 2.17. The summed E-state index contributed by atoms with van der Waals surface area (Å²) >= 11 is 0. The highest BCUT2D eigenvalue weighted by Crippen LogP contribution is 2.20. The first kappa shape index (κ1) is 11.2. The molecule has 1 aromatic heterocycles. The molecule has 0 aliphatic rings. The van der Waals surface area contributed by atoms with E-state index < -0.39 is 14.7 Å². The fraction of sp³-hybridized carbons (Fsp3) is 0.100. The van der Waals surface area contributed by atoms with Crippen molar-refractivity contribution in [1.82, 2.24) is 0 Å². The molecule has 2 rings (SSSR count). The van der Waals surface area contributed by atoms with Gasteiger partial charge in [0.25, 0.3) is 0 Å². The van der Waals surface area contributed by atoms with Gasteiger partial charge in [-0.05, 0) is 6.07 Å². The summed E-state index contributed by atoms with van der Waals surface area (Å²) in [6, 6.07) is 7.82. The van der Waals surface area contributed by atoms with E-state index in [1.807, 2.05) is 0 Å². The molecule has 0 saturated heterocycles. The summed E-state index contributed by atoms with van der Waals surface area (Å²) in [5.74, 6) is -0.362. The van der Waals surface area contributed by atoms with Crippen LogP contribution < -0.4 is 5.63 Å². The number of rotatable bonds is 2. The Labute approximate surface area is 95.9 Å². The minimum absolute atomic E-state index is 0.263. The molecule has 0 fully saturated rings. The minimum Gasteiger partial charge on any atom is -0.422 e. The van der Waals surface area contributed by atoms with Crippen LogP contribution in [0.1, 0.15) is 5.56 Å². The van der Waals surface area contributed by atoms with Crippen molar-refractivity contribution in [3.8, 4) is 0 Å². The number of hydrogen-bond donors (Lipinski definition) is 0. The van der Waals surface area contributed by atoms with Crippen LogP contribution in [0.25, 0.3) is 11.0 Å². The van der Waals surface area contributed by atoms with Gasteiger partial charge in [0.2, 0.25) is 9.05 Å². The van der Waals surface area contributed by atoms with Gasteiger partial charge < -0.3 is 4.42 Å². The molecule has 16 heavy (non-hydrogen) atoms. The number of hydrogen-bond acceptors (Lipinski definition) is 4. The highest BCUT2D eigenvalue weighted by atomic mass is 35.7. The van der Waals surface area contributed by atoms with Crippen LogP contribution in [0.4, 0.5) is 0 Å². The first-order valence-corrected chi connectivity index (χ1v) is 6.88. The molecule has 0 amide bonds. The lowest BCUT2D eigenvalue weighted by molar-refractivity contribution is 0.557. The van der Waals surface area contributed by atoms with Crippen molar-refractivity contribution < 1.29 is 12.8 Å². The van der Waals surface area contributed by atoms with E-state index in [0.717, 1.165) is 0 Å². The SMILES string of the molecule is O=c1ccc2cccc(CS(=O)(=O)Cl)c2o1. The third-order valence-corrected chi connectivity index (χ3v) is 3.04. The van der Waals surface area contributed by atoms with Crippen LogP contribution in [0.2, 0.25) is 0 Å².